The molecule has 2 aromatic rings. The van der Waals surface area contributed by atoms with Gasteiger partial charge in [0.05, 0.1) is 12.1 Å². The van der Waals surface area contributed by atoms with Gasteiger partial charge in [-0.2, -0.15) is 0 Å². The third-order valence-electron chi connectivity index (χ3n) is 6.43. The van der Waals surface area contributed by atoms with E-state index in [-0.39, 0.29) is 6.54 Å². The van der Waals surface area contributed by atoms with Crippen molar-refractivity contribution in [3.8, 4) is 11.1 Å². The van der Waals surface area contributed by atoms with Crippen molar-refractivity contribution in [2.45, 2.75) is 51.3 Å². The first-order valence-electron chi connectivity index (χ1n) is 10.8. The van der Waals surface area contributed by atoms with Crippen LogP contribution in [0.15, 0.2) is 48.5 Å². The SMILES string of the molecule is CCc1ccc(-c2ccc(C(=O)[N+]3([C@H](C(=O)NO)[C@@H](C)O)CCC[C@H]3C(N)=O)cc2)cc1. The quantitative estimate of drug-likeness (QED) is 0.296. The number of hydroxylamine groups is 1. The number of carbonyl (C=O) groups is 3. The van der Waals surface area contributed by atoms with Gasteiger partial charge in [0.25, 0.3) is 5.91 Å². The number of carbonyl (C=O) groups excluding carboxylic acids is 3. The minimum atomic E-state index is -1.38. The maximum absolute atomic E-state index is 13.8. The van der Waals surface area contributed by atoms with Gasteiger partial charge in [0.2, 0.25) is 6.04 Å². The molecule has 0 spiro atoms. The van der Waals surface area contributed by atoms with Crippen LogP contribution in [0.2, 0.25) is 0 Å². The zero-order valence-electron chi connectivity index (χ0n) is 18.3. The molecule has 32 heavy (non-hydrogen) atoms. The minimum Gasteiger partial charge on any atom is -0.387 e. The van der Waals surface area contributed by atoms with E-state index in [9.17, 15) is 24.7 Å². The van der Waals surface area contributed by atoms with Crippen LogP contribution >= 0.6 is 0 Å². The molecule has 1 unspecified atom stereocenters. The molecule has 4 atom stereocenters. The Balaban J connectivity index is 2.03. The molecule has 5 N–H and O–H groups in total. The molecule has 8 heteroatoms. The summed E-state index contributed by atoms with van der Waals surface area (Å²) in [5.41, 5.74) is 10.6. The maximum atomic E-state index is 13.8. The lowest BCUT2D eigenvalue weighted by Crippen LogP contribution is -2.71. The first kappa shape index (κ1) is 23.6. The lowest BCUT2D eigenvalue weighted by Gasteiger charge is -2.42. The first-order chi connectivity index (χ1) is 15.3. The molecule has 1 heterocycles. The summed E-state index contributed by atoms with van der Waals surface area (Å²) >= 11 is 0. The van der Waals surface area contributed by atoms with Crippen LogP contribution < -0.4 is 11.2 Å². The molecule has 0 aromatic heterocycles. The monoisotopic (exact) mass is 440 g/mol. The Morgan fingerprint density at radius 3 is 2.12 bits per heavy atom. The fraction of sp³-hybridized carbons (Fsp3) is 0.375. The molecule has 1 saturated heterocycles. The topological polar surface area (TPSA) is 130 Å². The van der Waals surface area contributed by atoms with Crippen molar-refractivity contribution in [2.75, 3.05) is 6.54 Å². The van der Waals surface area contributed by atoms with Gasteiger partial charge in [0.1, 0.15) is 6.10 Å². The van der Waals surface area contributed by atoms with Crippen LogP contribution in [0.1, 0.15) is 42.6 Å². The number of aliphatic hydroxyl groups excluding tert-OH is 1. The zero-order valence-corrected chi connectivity index (χ0v) is 18.3. The maximum Gasteiger partial charge on any atom is 0.347 e. The van der Waals surface area contributed by atoms with E-state index in [1.54, 1.807) is 12.1 Å². The number of nitrogens with two attached hydrogens (primary N) is 1. The second-order valence-corrected chi connectivity index (χ2v) is 8.31. The third-order valence-corrected chi connectivity index (χ3v) is 6.43. The second kappa shape index (κ2) is 9.60. The molecule has 0 aliphatic carbocycles. The van der Waals surface area contributed by atoms with Crippen LogP contribution in [0.25, 0.3) is 11.1 Å². The van der Waals surface area contributed by atoms with Gasteiger partial charge in [-0.15, -0.1) is 0 Å². The van der Waals surface area contributed by atoms with Gasteiger partial charge in [-0.05, 0) is 42.2 Å². The molecule has 0 bridgehead atoms. The number of amides is 3. The first-order valence-corrected chi connectivity index (χ1v) is 10.8. The van der Waals surface area contributed by atoms with Crippen LogP contribution in [0.4, 0.5) is 0 Å². The van der Waals surface area contributed by atoms with E-state index in [1.165, 1.54) is 18.0 Å². The lowest BCUT2D eigenvalue weighted by atomic mass is 9.98. The van der Waals surface area contributed by atoms with Gasteiger partial charge < -0.3 is 10.8 Å². The molecule has 3 amide bonds. The van der Waals surface area contributed by atoms with Crippen LogP contribution in [-0.2, 0) is 16.0 Å². The van der Waals surface area contributed by atoms with Crippen molar-refractivity contribution in [3.63, 3.8) is 0 Å². The largest absolute Gasteiger partial charge is 0.387 e. The van der Waals surface area contributed by atoms with Gasteiger partial charge >= 0.3 is 11.8 Å². The third kappa shape index (κ3) is 4.17. The molecule has 170 valence electrons. The van der Waals surface area contributed by atoms with Gasteiger partial charge in [-0.1, -0.05) is 43.3 Å². The average Bonchev–Trinajstić information content (AvgIpc) is 3.24. The summed E-state index contributed by atoms with van der Waals surface area (Å²) in [6.07, 6.45) is 0.427. The number of likely N-dealkylation sites (tertiary alicyclic amines) is 1. The van der Waals surface area contributed by atoms with E-state index >= 15 is 0 Å². The van der Waals surface area contributed by atoms with Crippen molar-refractivity contribution in [1.82, 2.24) is 5.48 Å². The minimum absolute atomic E-state index is 0.148. The van der Waals surface area contributed by atoms with Gasteiger partial charge in [-0.25, -0.2) is 14.8 Å². The number of rotatable bonds is 7. The summed E-state index contributed by atoms with van der Waals surface area (Å²) in [5.74, 6) is -2.15. The van der Waals surface area contributed by atoms with E-state index in [0.717, 1.165) is 17.5 Å². The highest BCUT2D eigenvalue weighted by Gasteiger charge is 2.60. The Bertz CT molecular complexity index is 988. The van der Waals surface area contributed by atoms with Crippen LogP contribution in [0.3, 0.4) is 0 Å². The predicted octanol–water partition coefficient (Wildman–Crippen LogP) is 1.78. The van der Waals surface area contributed by atoms with Crippen molar-refractivity contribution in [3.05, 3.63) is 59.7 Å². The number of hydrogen-bond donors (Lipinski definition) is 4. The molecular weight excluding hydrogens is 410 g/mol. The Morgan fingerprint density at radius 2 is 1.66 bits per heavy atom. The molecule has 1 aliphatic rings. The standard InChI is InChI=1S/C24H29N3O5/c1-3-16-6-8-17(9-7-16)18-10-12-19(13-11-18)24(31)27(14-4-5-20(27)22(25)29)21(15(2)28)23(30)26-32/h6-13,15,20-21,28H,3-5,14H2,1-2H3,(H3-,25,26,29,30,32)/p+1/t15-,20+,21+,27?/m1/s1. The van der Waals surface area contributed by atoms with E-state index in [1.807, 2.05) is 24.3 Å². The van der Waals surface area contributed by atoms with E-state index in [4.69, 9.17) is 5.73 Å². The van der Waals surface area contributed by atoms with E-state index in [2.05, 4.69) is 19.1 Å². The zero-order chi connectivity index (χ0) is 23.5. The predicted molar refractivity (Wildman–Crippen MR) is 118 cm³/mol. The van der Waals surface area contributed by atoms with Crippen molar-refractivity contribution in [2.24, 2.45) is 5.73 Å². The summed E-state index contributed by atoms with van der Waals surface area (Å²) in [7, 11) is 0. The van der Waals surface area contributed by atoms with Crippen molar-refractivity contribution in [1.29, 1.82) is 0 Å². The summed E-state index contributed by atoms with van der Waals surface area (Å²) in [4.78, 5) is 38.5. The number of hydrogen-bond acceptors (Lipinski definition) is 5. The fourth-order valence-corrected chi connectivity index (χ4v) is 4.86. The van der Waals surface area contributed by atoms with E-state index < -0.39 is 40.4 Å². The Labute approximate surface area is 187 Å². The Hall–Kier alpha value is -3.07. The van der Waals surface area contributed by atoms with Crippen molar-refractivity contribution < 1.29 is 29.2 Å². The number of aliphatic hydroxyl groups is 1. The van der Waals surface area contributed by atoms with Gasteiger partial charge in [0, 0.05) is 12.8 Å². The Kier molecular flexibility index (Phi) is 7.08. The highest BCUT2D eigenvalue weighted by Crippen LogP contribution is 2.35. The summed E-state index contributed by atoms with van der Waals surface area (Å²) in [5, 5.41) is 19.6. The van der Waals surface area contributed by atoms with Crippen LogP contribution in [-0.4, -0.2) is 57.3 Å². The molecule has 1 fully saturated rings. The fourth-order valence-electron chi connectivity index (χ4n) is 4.86. The molecular formula is C24H30N3O5+. The van der Waals surface area contributed by atoms with Crippen molar-refractivity contribution >= 4 is 17.7 Å². The summed E-state index contributed by atoms with van der Waals surface area (Å²) in [6.45, 7) is 3.59. The Morgan fingerprint density at radius 1 is 1.09 bits per heavy atom. The molecule has 2 aromatic carbocycles. The molecule has 1 aliphatic heterocycles. The number of nitrogens with zero attached hydrogens (tertiary/aromatic N) is 1. The highest BCUT2D eigenvalue weighted by molar-refractivity contribution is 5.95. The molecule has 3 rings (SSSR count). The highest BCUT2D eigenvalue weighted by atomic mass is 16.5. The number of benzene rings is 2. The number of aryl methyl sites for hydroxylation is 1. The van der Waals surface area contributed by atoms with Crippen LogP contribution in [0, 0.1) is 0 Å². The number of nitrogens with one attached hydrogen (secondary N) is 1. The van der Waals surface area contributed by atoms with Gasteiger partial charge in [0.15, 0.2) is 6.04 Å². The molecule has 0 saturated carbocycles. The smallest absolute Gasteiger partial charge is 0.347 e. The second-order valence-electron chi connectivity index (χ2n) is 8.31. The molecule has 8 nitrogen and oxygen atoms in total. The lowest BCUT2D eigenvalue weighted by molar-refractivity contribution is -0.871. The summed E-state index contributed by atoms with van der Waals surface area (Å²) < 4.78 is -0.649. The number of primary amides is 1. The van der Waals surface area contributed by atoms with Crippen LogP contribution in [0.5, 0.6) is 0 Å². The number of quaternary nitrogens is 1. The normalized spacial score (nSPS) is 22.2. The van der Waals surface area contributed by atoms with Gasteiger partial charge in [-0.3, -0.25) is 14.8 Å². The molecule has 0 radical (unpaired) electrons. The average molecular weight is 441 g/mol. The van der Waals surface area contributed by atoms with E-state index in [0.29, 0.717) is 18.4 Å². The summed E-state index contributed by atoms with van der Waals surface area (Å²) in [6, 6.07) is 12.7.